The van der Waals surface area contributed by atoms with Gasteiger partial charge in [-0.2, -0.15) is 0 Å². The molecule has 2 aromatic heterocycles. The van der Waals surface area contributed by atoms with Crippen molar-refractivity contribution in [2.75, 3.05) is 0 Å². The summed E-state index contributed by atoms with van der Waals surface area (Å²) in [5.74, 6) is 0. The highest BCUT2D eigenvalue weighted by molar-refractivity contribution is 6.29. The molecule has 358 valence electrons. The molecular weight excluding hydrogens is 933 g/mol. The predicted molar refractivity (Wildman–Crippen MR) is 325 cm³/mol. The summed E-state index contributed by atoms with van der Waals surface area (Å²) in [5.41, 5.74) is 18.1. The van der Waals surface area contributed by atoms with E-state index in [0.717, 1.165) is 66.1 Å². The quantitative estimate of drug-likeness (QED) is 0.164. The van der Waals surface area contributed by atoms with Crippen LogP contribution in [0.4, 0.5) is 0 Å². The van der Waals surface area contributed by atoms with Crippen LogP contribution in [-0.2, 0) is 5.41 Å². The minimum absolute atomic E-state index is 0.241. The zero-order valence-corrected chi connectivity index (χ0v) is 42.4. The van der Waals surface area contributed by atoms with E-state index in [2.05, 4.69) is 244 Å². The molecule has 17 rings (SSSR count). The van der Waals surface area contributed by atoms with Crippen molar-refractivity contribution in [2.24, 2.45) is 0 Å². The summed E-state index contributed by atoms with van der Waals surface area (Å²) >= 11 is 0. The van der Waals surface area contributed by atoms with Gasteiger partial charge >= 0.3 is 0 Å². The molecule has 2 heterocycles. The Morgan fingerprint density at radius 1 is 0.221 bits per heavy atom. The van der Waals surface area contributed by atoms with E-state index in [9.17, 15) is 0 Å². The molecule has 1 aliphatic carbocycles. The molecule has 2 nitrogen and oxygen atoms in total. The van der Waals surface area contributed by atoms with E-state index < -0.39 is 0 Å². The van der Waals surface area contributed by atoms with E-state index in [0.29, 0.717) is 0 Å². The Morgan fingerprint density at radius 3 is 0.987 bits per heavy atom. The van der Waals surface area contributed by atoms with Crippen molar-refractivity contribution in [1.82, 2.24) is 0 Å². The number of rotatable bonds is 4. The summed E-state index contributed by atoms with van der Waals surface area (Å²) in [6.45, 7) is 4.85. The zero-order valence-electron chi connectivity index (χ0n) is 42.4. The first-order valence-corrected chi connectivity index (χ1v) is 26.8. The van der Waals surface area contributed by atoms with Crippen molar-refractivity contribution in [1.29, 1.82) is 0 Å². The van der Waals surface area contributed by atoms with Crippen molar-refractivity contribution in [3.63, 3.8) is 0 Å². The average Bonchev–Trinajstić information content (AvgIpc) is 4.22. The van der Waals surface area contributed by atoms with Crippen LogP contribution in [0, 0.1) is 0 Å². The Morgan fingerprint density at radius 2 is 0.545 bits per heavy atom. The molecule has 0 atom stereocenters. The molecular formula is C75H46O2. The normalized spacial score (nSPS) is 13.2. The molecule has 0 saturated heterocycles. The van der Waals surface area contributed by atoms with Crippen LogP contribution < -0.4 is 0 Å². The molecule has 0 saturated carbocycles. The lowest BCUT2D eigenvalue weighted by atomic mass is 9.80. The number of hydrogen-bond acceptors (Lipinski definition) is 2. The van der Waals surface area contributed by atoms with Crippen LogP contribution in [0.25, 0.3) is 164 Å². The van der Waals surface area contributed by atoms with Gasteiger partial charge in [-0.05, 0) is 181 Å². The highest BCUT2D eigenvalue weighted by atomic mass is 16.3. The van der Waals surface area contributed by atoms with E-state index in [1.54, 1.807) is 0 Å². The lowest BCUT2D eigenvalue weighted by molar-refractivity contribution is 0.662. The molecule has 0 spiro atoms. The Kier molecular flexibility index (Phi) is 8.65. The fraction of sp³-hybridized carbons (Fsp3) is 0.0400. The molecule has 1 aliphatic rings. The molecule has 0 unspecified atom stereocenters. The second-order valence-electron chi connectivity index (χ2n) is 21.8. The van der Waals surface area contributed by atoms with Crippen LogP contribution in [-0.4, -0.2) is 0 Å². The van der Waals surface area contributed by atoms with Crippen LogP contribution in [0.5, 0.6) is 0 Å². The molecule has 0 fully saturated rings. The third-order valence-electron chi connectivity index (χ3n) is 17.4. The maximum absolute atomic E-state index is 6.50. The van der Waals surface area contributed by atoms with Gasteiger partial charge in [-0.15, -0.1) is 0 Å². The Hall–Kier alpha value is -9.76. The average molecular weight is 979 g/mol. The second-order valence-corrected chi connectivity index (χ2v) is 21.8. The first-order chi connectivity index (χ1) is 37.9. The Bertz CT molecular complexity index is 4930. The molecule has 2 heteroatoms. The fourth-order valence-corrected chi connectivity index (χ4v) is 13.7. The van der Waals surface area contributed by atoms with Crippen LogP contribution in [0.2, 0.25) is 0 Å². The largest absolute Gasteiger partial charge is 0.455 e. The van der Waals surface area contributed by atoms with Crippen molar-refractivity contribution in [2.45, 2.75) is 19.3 Å². The summed E-state index contributed by atoms with van der Waals surface area (Å²) in [6.07, 6.45) is 0. The Balaban J connectivity index is 0.796. The van der Waals surface area contributed by atoms with Gasteiger partial charge in [-0.3, -0.25) is 0 Å². The summed E-state index contributed by atoms with van der Waals surface area (Å²) in [7, 11) is 0. The van der Waals surface area contributed by atoms with Crippen molar-refractivity contribution in [3.05, 3.63) is 254 Å². The first kappa shape index (κ1) is 42.6. The molecule has 77 heavy (non-hydrogen) atoms. The van der Waals surface area contributed by atoms with E-state index in [-0.39, 0.29) is 5.41 Å². The number of para-hydroxylation sites is 4. The smallest absolute Gasteiger partial charge is 0.143 e. The molecule has 0 bridgehead atoms. The molecule has 0 amide bonds. The SMILES string of the molecule is CC1(C)c2cc3c4ccc(-c5cccc(-c6cccc7c6oc6ccccc67)c5)cc4c4ccccc4c3cc2-c2cc3c4ccccc4c4cc(-c5cccc(-c6cccc7c6oc6ccccc67)c5)ccc4c3cc21. The summed E-state index contributed by atoms with van der Waals surface area (Å²) in [6, 6.07) is 89.8. The summed E-state index contributed by atoms with van der Waals surface area (Å²) < 4.78 is 13.0. The van der Waals surface area contributed by atoms with E-state index in [1.807, 2.05) is 12.1 Å². The number of benzene rings is 14. The Labute approximate surface area is 443 Å². The van der Waals surface area contributed by atoms with Gasteiger partial charge in [0.25, 0.3) is 0 Å². The van der Waals surface area contributed by atoms with Gasteiger partial charge in [0.2, 0.25) is 0 Å². The third kappa shape index (κ3) is 6.07. The molecule has 0 aliphatic heterocycles. The highest BCUT2D eigenvalue weighted by Crippen LogP contribution is 2.54. The van der Waals surface area contributed by atoms with E-state index >= 15 is 0 Å². The maximum atomic E-state index is 6.50. The minimum Gasteiger partial charge on any atom is -0.455 e. The van der Waals surface area contributed by atoms with Crippen LogP contribution >= 0.6 is 0 Å². The molecule has 0 N–H and O–H groups in total. The third-order valence-corrected chi connectivity index (χ3v) is 17.4. The van der Waals surface area contributed by atoms with Gasteiger partial charge in [0, 0.05) is 38.1 Å². The van der Waals surface area contributed by atoms with Crippen molar-refractivity contribution in [3.8, 4) is 55.6 Å². The minimum atomic E-state index is -0.241. The first-order valence-electron chi connectivity index (χ1n) is 26.8. The van der Waals surface area contributed by atoms with E-state index in [4.69, 9.17) is 8.83 Å². The number of hydrogen-bond donors (Lipinski definition) is 0. The molecule has 14 aromatic carbocycles. The highest BCUT2D eigenvalue weighted by Gasteiger charge is 2.37. The predicted octanol–water partition coefficient (Wildman–Crippen LogP) is 21.4. The monoisotopic (exact) mass is 978 g/mol. The zero-order chi connectivity index (χ0) is 50.7. The van der Waals surface area contributed by atoms with Crippen LogP contribution in [0.3, 0.4) is 0 Å². The van der Waals surface area contributed by atoms with Gasteiger partial charge in [0.15, 0.2) is 0 Å². The van der Waals surface area contributed by atoms with Crippen molar-refractivity contribution >= 4 is 109 Å². The van der Waals surface area contributed by atoms with Gasteiger partial charge < -0.3 is 8.83 Å². The van der Waals surface area contributed by atoms with Gasteiger partial charge in [-0.1, -0.05) is 196 Å². The van der Waals surface area contributed by atoms with E-state index in [1.165, 1.54) is 109 Å². The lowest BCUT2D eigenvalue weighted by Gasteiger charge is -2.23. The van der Waals surface area contributed by atoms with Gasteiger partial charge in [0.05, 0.1) is 0 Å². The topological polar surface area (TPSA) is 26.3 Å². The number of fused-ring (bicyclic) bond motifs is 21. The molecule has 16 aromatic rings. The fourth-order valence-electron chi connectivity index (χ4n) is 13.7. The standard InChI is InChI=1S/C75H46O2/c1-75(2)69-41-65-55-33-31-45(43-15-11-17-47(35-43)49-25-13-27-59-57-23-7-9-29-71(57)76-73(49)59)37-61(55)51-19-3-5-21-53(51)63(65)39-67(69)68-40-64-54-22-6-4-20-52(54)62-38-46(32-34-56(62)66(64)42-70(68)75)44-16-12-18-48(36-44)50-26-14-28-60-58-24-8-10-30-72(58)77-74(50)60/h3-42H,1-2H3. The lowest BCUT2D eigenvalue weighted by Crippen LogP contribution is -2.15. The summed E-state index contributed by atoms with van der Waals surface area (Å²) in [4.78, 5) is 0. The van der Waals surface area contributed by atoms with Crippen molar-refractivity contribution < 1.29 is 8.83 Å². The number of furan rings is 2. The molecule has 0 radical (unpaired) electrons. The maximum Gasteiger partial charge on any atom is 0.143 e. The summed E-state index contributed by atoms with van der Waals surface area (Å²) in [5, 5.41) is 19.9. The second kappa shape index (κ2) is 15.6. The van der Waals surface area contributed by atoms with Gasteiger partial charge in [0.1, 0.15) is 22.3 Å². The van der Waals surface area contributed by atoms with Crippen LogP contribution in [0.15, 0.2) is 251 Å². The van der Waals surface area contributed by atoms with Gasteiger partial charge in [-0.25, -0.2) is 0 Å². The van der Waals surface area contributed by atoms with Crippen LogP contribution in [0.1, 0.15) is 25.0 Å².